The van der Waals surface area contributed by atoms with Crippen molar-refractivity contribution in [2.24, 2.45) is 11.8 Å². The molecule has 0 aromatic heterocycles. The molecule has 0 spiro atoms. The highest BCUT2D eigenvalue weighted by molar-refractivity contribution is 7.98. The first-order valence-corrected chi connectivity index (χ1v) is 20.0. The van der Waals surface area contributed by atoms with Gasteiger partial charge in [0.2, 0.25) is 11.8 Å². The minimum Gasteiger partial charge on any atom is -0.489 e. The number of aliphatic hydroxyl groups excluding tert-OH is 1. The van der Waals surface area contributed by atoms with Gasteiger partial charge in [-0.05, 0) is 66.5 Å². The Morgan fingerprint density at radius 3 is 1.95 bits per heavy atom. The van der Waals surface area contributed by atoms with Gasteiger partial charge in [-0.25, -0.2) is 0 Å². The van der Waals surface area contributed by atoms with Gasteiger partial charge in [0, 0.05) is 17.9 Å². The predicted molar refractivity (Wildman–Crippen MR) is 221 cm³/mol. The van der Waals surface area contributed by atoms with Crippen molar-refractivity contribution in [2.75, 3.05) is 19.0 Å². The Bertz CT molecular complexity index is 1740. The van der Waals surface area contributed by atoms with E-state index >= 15 is 0 Å². The van der Waals surface area contributed by atoms with E-state index in [1.165, 1.54) is 0 Å². The van der Waals surface area contributed by atoms with Gasteiger partial charge < -0.3 is 25.2 Å². The summed E-state index contributed by atoms with van der Waals surface area (Å²) in [4.78, 5) is 40.4. The van der Waals surface area contributed by atoms with E-state index in [1.807, 2.05) is 115 Å². The standard InChI is InChI=1S/C46H54N2O6S/c1-3-5-22-40(27-35-16-9-6-10-17-35)46(52)54-32-42(34-55-33-38-20-13-8-14-21-38)48-45(51)39(15-4-2)29-44(50)47-41(30-49)28-36-23-25-43(26-24-36)53-31-37-18-11-7-12-19-37/h3-4,6-14,16-21,23-26,39-42,49H,1-2,5,15,22,27-34H2,(H,47,50)(H,48,51)/t39-,40-,41+,42-/m1/s1. The molecular formula is C46H54N2O6S. The molecule has 9 heteroatoms. The summed E-state index contributed by atoms with van der Waals surface area (Å²) >= 11 is 1.63. The second kappa shape index (κ2) is 24.3. The van der Waals surface area contributed by atoms with Gasteiger partial charge in [0.25, 0.3) is 0 Å². The number of aliphatic hydroxyl groups is 1. The summed E-state index contributed by atoms with van der Waals surface area (Å²) in [5, 5.41) is 16.1. The third-order valence-electron chi connectivity index (χ3n) is 9.07. The fourth-order valence-electron chi connectivity index (χ4n) is 6.07. The fourth-order valence-corrected chi connectivity index (χ4v) is 7.08. The van der Waals surface area contributed by atoms with Gasteiger partial charge >= 0.3 is 5.97 Å². The van der Waals surface area contributed by atoms with Crippen molar-refractivity contribution in [3.05, 3.63) is 163 Å². The maximum atomic E-state index is 13.7. The molecular weight excluding hydrogens is 709 g/mol. The van der Waals surface area contributed by atoms with E-state index in [4.69, 9.17) is 9.47 Å². The van der Waals surface area contributed by atoms with E-state index < -0.39 is 18.0 Å². The number of allylic oxidation sites excluding steroid dienone is 2. The second-order valence-corrected chi connectivity index (χ2v) is 14.6. The molecule has 4 atom stereocenters. The number of nitrogens with one attached hydrogen (secondary N) is 2. The third-order valence-corrected chi connectivity index (χ3v) is 10.2. The maximum Gasteiger partial charge on any atom is 0.309 e. The lowest BCUT2D eigenvalue weighted by Crippen LogP contribution is -2.46. The molecule has 0 aliphatic rings. The zero-order valence-electron chi connectivity index (χ0n) is 31.5. The minimum atomic E-state index is -0.700. The first-order chi connectivity index (χ1) is 26.9. The van der Waals surface area contributed by atoms with E-state index in [2.05, 4.69) is 23.8 Å². The van der Waals surface area contributed by atoms with Crippen LogP contribution in [0.2, 0.25) is 0 Å². The SMILES string of the molecule is C=CCC[C@H](Cc1ccccc1)C(=O)OC[C@H](CSCc1ccccc1)NC(=O)[C@H](CC=C)CC(=O)N[C@H](CO)Cc1ccc(OCc2ccccc2)cc1. The van der Waals surface area contributed by atoms with Gasteiger partial charge in [0.15, 0.2) is 0 Å². The zero-order chi connectivity index (χ0) is 39.1. The van der Waals surface area contributed by atoms with Crippen molar-refractivity contribution >= 4 is 29.5 Å². The first-order valence-electron chi connectivity index (χ1n) is 18.9. The normalized spacial score (nSPS) is 13.0. The van der Waals surface area contributed by atoms with Crippen LogP contribution in [0.15, 0.2) is 141 Å². The second-order valence-electron chi connectivity index (χ2n) is 13.6. The average molecular weight is 763 g/mol. The van der Waals surface area contributed by atoms with Crippen molar-refractivity contribution in [1.82, 2.24) is 10.6 Å². The Morgan fingerprint density at radius 1 is 0.709 bits per heavy atom. The largest absolute Gasteiger partial charge is 0.489 e. The number of carbonyl (C=O) groups is 3. The molecule has 0 aliphatic carbocycles. The molecule has 0 saturated heterocycles. The molecule has 55 heavy (non-hydrogen) atoms. The molecule has 4 rings (SSSR count). The Kier molecular flexibility index (Phi) is 18.8. The molecule has 2 amide bonds. The molecule has 4 aromatic rings. The summed E-state index contributed by atoms with van der Waals surface area (Å²) in [6.45, 7) is 7.83. The molecule has 0 bridgehead atoms. The summed E-state index contributed by atoms with van der Waals surface area (Å²) < 4.78 is 11.8. The lowest BCUT2D eigenvalue weighted by atomic mass is 9.95. The number of hydrogen-bond donors (Lipinski definition) is 3. The highest BCUT2D eigenvalue weighted by Crippen LogP contribution is 2.20. The number of hydrogen-bond acceptors (Lipinski definition) is 7. The highest BCUT2D eigenvalue weighted by atomic mass is 32.2. The van der Waals surface area contributed by atoms with E-state index in [0.717, 1.165) is 33.8 Å². The molecule has 290 valence electrons. The topological polar surface area (TPSA) is 114 Å². The van der Waals surface area contributed by atoms with Crippen LogP contribution in [0.5, 0.6) is 5.75 Å². The van der Waals surface area contributed by atoms with Crippen LogP contribution in [0.3, 0.4) is 0 Å². The number of thioether (sulfide) groups is 1. The summed E-state index contributed by atoms with van der Waals surface area (Å²) in [7, 11) is 0. The van der Waals surface area contributed by atoms with Gasteiger partial charge in [-0.3, -0.25) is 14.4 Å². The molecule has 0 aliphatic heterocycles. The molecule has 0 unspecified atom stereocenters. The van der Waals surface area contributed by atoms with Crippen LogP contribution < -0.4 is 15.4 Å². The number of esters is 1. The van der Waals surface area contributed by atoms with Crippen LogP contribution in [-0.2, 0) is 44.3 Å². The number of carbonyl (C=O) groups excluding carboxylic acids is 3. The van der Waals surface area contributed by atoms with Crippen molar-refractivity contribution in [2.45, 2.75) is 63.0 Å². The number of ether oxygens (including phenoxy) is 2. The zero-order valence-corrected chi connectivity index (χ0v) is 32.3. The quantitative estimate of drug-likeness (QED) is 0.0470. The molecule has 3 N–H and O–H groups in total. The molecule has 8 nitrogen and oxygen atoms in total. The van der Waals surface area contributed by atoms with E-state index in [9.17, 15) is 19.5 Å². The highest BCUT2D eigenvalue weighted by Gasteiger charge is 2.27. The number of amides is 2. The van der Waals surface area contributed by atoms with Crippen molar-refractivity contribution < 1.29 is 29.0 Å². The summed E-state index contributed by atoms with van der Waals surface area (Å²) in [6.07, 6.45) is 5.85. The molecule has 0 radical (unpaired) electrons. The summed E-state index contributed by atoms with van der Waals surface area (Å²) in [5.41, 5.74) is 4.19. The van der Waals surface area contributed by atoms with Gasteiger partial charge in [-0.15, -0.1) is 13.2 Å². The van der Waals surface area contributed by atoms with Gasteiger partial charge in [0.1, 0.15) is 19.0 Å². The monoisotopic (exact) mass is 762 g/mol. The van der Waals surface area contributed by atoms with Crippen LogP contribution in [0.1, 0.15) is 47.9 Å². The number of benzene rings is 4. The van der Waals surface area contributed by atoms with Crippen molar-refractivity contribution in [3.63, 3.8) is 0 Å². The van der Waals surface area contributed by atoms with Crippen LogP contribution >= 0.6 is 11.8 Å². The summed E-state index contributed by atoms with van der Waals surface area (Å²) in [5.74, 6) is -0.0934. The van der Waals surface area contributed by atoms with E-state index in [-0.39, 0.29) is 49.8 Å². The number of rotatable bonds is 25. The van der Waals surface area contributed by atoms with Crippen LogP contribution in [0, 0.1) is 11.8 Å². The van der Waals surface area contributed by atoms with Crippen molar-refractivity contribution in [3.8, 4) is 5.75 Å². The lowest BCUT2D eigenvalue weighted by Gasteiger charge is -2.24. The molecule has 4 aromatic carbocycles. The Morgan fingerprint density at radius 2 is 1.33 bits per heavy atom. The fraction of sp³-hybridized carbons (Fsp3) is 0.326. The Labute approximate surface area is 330 Å². The maximum absolute atomic E-state index is 13.7. The lowest BCUT2D eigenvalue weighted by molar-refractivity contribution is -0.150. The van der Waals surface area contributed by atoms with Crippen LogP contribution in [-0.4, -0.2) is 53.9 Å². The summed E-state index contributed by atoms with van der Waals surface area (Å²) in [6, 6.07) is 36.3. The first kappa shape index (κ1) is 42.6. The van der Waals surface area contributed by atoms with E-state index in [0.29, 0.717) is 38.0 Å². The predicted octanol–water partition coefficient (Wildman–Crippen LogP) is 7.65. The van der Waals surface area contributed by atoms with Gasteiger partial charge in [0.05, 0.1) is 30.5 Å². The molecule has 0 fully saturated rings. The van der Waals surface area contributed by atoms with Gasteiger partial charge in [-0.1, -0.05) is 115 Å². The molecule has 0 saturated carbocycles. The van der Waals surface area contributed by atoms with E-state index in [1.54, 1.807) is 23.9 Å². The average Bonchev–Trinajstić information content (AvgIpc) is 3.21. The van der Waals surface area contributed by atoms with Crippen LogP contribution in [0.4, 0.5) is 0 Å². The smallest absolute Gasteiger partial charge is 0.309 e. The van der Waals surface area contributed by atoms with Gasteiger partial charge in [-0.2, -0.15) is 11.8 Å². The molecule has 0 heterocycles. The van der Waals surface area contributed by atoms with Crippen LogP contribution in [0.25, 0.3) is 0 Å². The van der Waals surface area contributed by atoms with Crippen molar-refractivity contribution in [1.29, 1.82) is 0 Å². The Hall–Kier alpha value is -5.12. The third kappa shape index (κ3) is 16.0. The minimum absolute atomic E-state index is 0.00141. The Balaban J connectivity index is 1.34.